The van der Waals surface area contributed by atoms with E-state index in [0.717, 1.165) is 18.6 Å². The van der Waals surface area contributed by atoms with Crippen LogP contribution in [0, 0.1) is 11.3 Å². The van der Waals surface area contributed by atoms with Crippen LogP contribution in [0.25, 0.3) is 0 Å². The van der Waals surface area contributed by atoms with Crippen molar-refractivity contribution >= 4 is 11.6 Å². The van der Waals surface area contributed by atoms with Crippen LogP contribution in [0.15, 0.2) is 35.5 Å². The van der Waals surface area contributed by atoms with E-state index in [1.807, 2.05) is 42.3 Å². The van der Waals surface area contributed by atoms with Crippen molar-refractivity contribution in [1.82, 2.24) is 4.90 Å². The molecule has 1 aromatic carbocycles. The van der Waals surface area contributed by atoms with Gasteiger partial charge in [0, 0.05) is 37.5 Å². The highest BCUT2D eigenvalue weighted by Crippen LogP contribution is 2.54. The molecule has 3 aliphatic rings. The molecule has 2 fully saturated rings. The molecule has 0 unspecified atom stereocenters. The van der Waals surface area contributed by atoms with E-state index in [2.05, 4.69) is 19.0 Å². The quantitative estimate of drug-likeness (QED) is 0.857. The predicted molar refractivity (Wildman–Crippen MR) is 90.5 cm³/mol. The number of carbonyl (C=O) groups is 1. The van der Waals surface area contributed by atoms with Crippen molar-refractivity contribution in [2.45, 2.75) is 44.9 Å². The van der Waals surface area contributed by atoms with Gasteiger partial charge in [-0.2, -0.15) is 0 Å². The Labute approximate surface area is 142 Å². The first kappa shape index (κ1) is 15.6. The van der Waals surface area contributed by atoms with Crippen molar-refractivity contribution < 1.29 is 14.4 Å². The summed E-state index contributed by atoms with van der Waals surface area (Å²) in [6.45, 7) is 5.18. The minimum Gasteiger partial charge on any atom is -0.387 e. The molecule has 128 valence electrons. The molecule has 1 saturated carbocycles. The van der Waals surface area contributed by atoms with E-state index in [-0.39, 0.29) is 29.6 Å². The van der Waals surface area contributed by atoms with Crippen molar-refractivity contribution in [3.63, 3.8) is 0 Å². The van der Waals surface area contributed by atoms with Crippen molar-refractivity contribution in [2.75, 3.05) is 13.7 Å². The standard InChI is InChI=1S/C19H24N2O3/c1-19(2)16(13-9-10-23-17(13)19)21(3)18(22)14-11-15(24-20-14)12-7-5-4-6-8-12/h4-8,13,15-17H,9-11H2,1-3H3/t13-,15+,16-,17-/m1/s1. The third-order valence-corrected chi connectivity index (χ3v) is 5.86. The largest absolute Gasteiger partial charge is 0.387 e. The SMILES string of the molecule is CN(C(=O)C1=NO[C@H](c2ccccc2)C1)[C@@H]1[C@H]2CCO[C@H]2C1(C)C. The smallest absolute Gasteiger partial charge is 0.271 e. The molecule has 4 atom stereocenters. The summed E-state index contributed by atoms with van der Waals surface area (Å²) in [6, 6.07) is 10.1. The maximum Gasteiger partial charge on any atom is 0.271 e. The van der Waals surface area contributed by atoms with E-state index < -0.39 is 0 Å². The van der Waals surface area contributed by atoms with Crippen LogP contribution in [0.2, 0.25) is 0 Å². The van der Waals surface area contributed by atoms with Gasteiger partial charge in [0.15, 0.2) is 6.10 Å². The third kappa shape index (κ3) is 2.25. The van der Waals surface area contributed by atoms with E-state index in [9.17, 15) is 4.79 Å². The number of rotatable bonds is 3. The van der Waals surface area contributed by atoms with Gasteiger partial charge in [0.05, 0.1) is 6.10 Å². The van der Waals surface area contributed by atoms with Crippen LogP contribution in [0.4, 0.5) is 0 Å². The highest BCUT2D eigenvalue weighted by molar-refractivity contribution is 6.39. The Kier molecular flexibility index (Phi) is 3.64. The van der Waals surface area contributed by atoms with Crippen LogP contribution in [0.3, 0.4) is 0 Å². The van der Waals surface area contributed by atoms with Crippen LogP contribution in [-0.4, -0.2) is 42.3 Å². The Morgan fingerprint density at radius 3 is 2.79 bits per heavy atom. The molecule has 2 aliphatic heterocycles. The Morgan fingerprint density at radius 1 is 1.29 bits per heavy atom. The molecule has 2 heterocycles. The summed E-state index contributed by atoms with van der Waals surface area (Å²) in [7, 11) is 1.89. The second-order valence-electron chi connectivity index (χ2n) is 7.67. The van der Waals surface area contributed by atoms with E-state index in [1.54, 1.807) is 0 Å². The fourth-order valence-corrected chi connectivity index (χ4v) is 4.76. The molecule has 1 saturated heterocycles. The van der Waals surface area contributed by atoms with Gasteiger partial charge in [-0.15, -0.1) is 0 Å². The number of hydrogen-bond acceptors (Lipinski definition) is 4. The summed E-state index contributed by atoms with van der Waals surface area (Å²) in [6.07, 6.45) is 1.68. The molecule has 0 aromatic heterocycles. The van der Waals surface area contributed by atoms with Gasteiger partial charge in [-0.3, -0.25) is 4.79 Å². The third-order valence-electron chi connectivity index (χ3n) is 5.86. The molecular formula is C19H24N2O3. The number of amides is 1. The molecule has 1 amide bonds. The molecule has 1 aromatic rings. The zero-order valence-corrected chi connectivity index (χ0v) is 14.4. The summed E-state index contributed by atoms with van der Waals surface area (Å²) < 4.78 is 5.83. The number of benzene rings is 1. The monoisotopic (exact) mass is 328 g/mol. The lowest BCUT2D eigenvalue weighted by atomic mass is 9.56. The van der Waals surface area contributed by atoms with Gasteiger partial charge in [0.2, 0.25) is 0 Å². The second-order valence-corrected chi connectivity index (χ2v) is 7.67. The number of hydrogen-bond donors (Lipinski definition) is 0. The highest BCUT2D eigenvalue weighted by Gasteiger charge is 2.61. The van der Waals surface area contributed by atoms with E-state index >= 15 is 0 Å². The first-order valence-electron chi connectivity index (χ1n) is 8.66. The molecular weight excluding hydrogens is 304 g/mol. The van der Waals surface area contributed by atoms with Crippen molar-refractivity contribution in [2.24, 2.45) is 16.5 Å². The molecule has 5 nitrogen and oxygen atoms in total. The maximum absolute atomic E-state index is 12.9. The molecule has 0 bridgehead atoms. The van der Waals surface area contributed by atoms with E-state index in [4.69, 9.17) is 9.57 Å². The van der Waals surface area contributed by atoms with Gasteiger partial charge in [0.1, 0.15) is 5.71 Å². The minimum absolute atomic E-state index is 0.00949. The van der Waals surface area contributed by atoms with Crippen molar-refractivity contribution in [3.8, 4) is 0 Å². The van der Waals surface area contributed by atoms with Crippen LogP contribution in [0.5, 0.6) is 0 Å². The summed E-state index contributed by atoms with van der Waals surface area (Å²) in [5, 5.41) is 4.08. The zero-order valence-electron chi connectivity index (χ0n) is 14.4. The topological polar surface area (TPSA) is 51.1 Å². The highest BCUT2D eigenvalue weighted by atomic mass is 16.6. The summed E-state index contributed by atoms with van der Waals surface area (Å²) >= 11 is 0. The van der Waals surface area contributed by atoms with Crippen LogP contribution >= 0.6 is 0 Å². The van der Waals surface area contributed by atoms with Gasteiger partial charge >= 0.3 is 0 Å². The molecule has 0 N–H and O–H groups in total. The summed E-state index contributed by atoms with van der Waals surface area (Å²) in [4.78, 5) is 20.3. The first-order chi connectivity index (χ1) is 11.5. The molecule has 5 heteroatoms. The first-order valence-corrected chi connectivity index (χ1v) is 8.66. The number of fused-ring (bicyclic) bond motifs is 1. The Hall–Kier alpha value is -1.88. The molecule has 0 radical (unpaired) electrons. The average molecular weight is 328 g/mol. The van der Waals surface area contributed by atoms with Gasteiger partial charge in [-0.05, 0) is 12.0 Å². The Bertz CT molecular complexity index is 670. The Morgan fingerprint density at radius 2 is 2.04 bits per heavy atom. The lowest BCUT2D eigenvalue weighted by molar-refractivity contribution is -0.162. The van der Waals surface area contributed by atoms with Crippen LogP contribution in [-0.2, 0) is 14.4 Å². The zero-order chi connectivity index (χ0) is 16.9. The molecule has 1 aliphatic carbocycles. The van der Waals surface area contributed by atoms with Crippen molar-refractivity contribution in [3.05, 3.63) is 35.9 Å². The predicted octanol–water partition coefficient (Wildman–Crippen LogP) is 2.78. The molecule has 4 rings (SSSR count). The van der Waals surface area contributed by atoms with E-state index in [1.165, 1.54) is 0 Å². The molecule has 24 heavy (non-hydrogen) atoms. The lowest BCUT2D eigenvalue weighted by Crippen LogP contribution is -2.67. The minimum atomic E-state index is -0.157. The number of ether oxygens (including phenoxy) is 1. The van der Waals surface area contributed by atoms with Crippen LogP contribution in [0.1, 0.15) is 38.4 Å². The van der Waals surface area contributed by atoms with Gasteiger partial charge in [-0.1, -0.05) is 49.3 Å². The van der Waals surface area contributed by atoms with Gasteiger partial charge < -0.3 is 14.5 Å². The average Bonchev–Trinajstić information content (AvgIpc) is 3.23. The fourth-order valence-electron chi connectivity index (χ4n) is 4.76. The van der Waals surface area contributed by atoms with Gasteiger partial charge in [0.25, 0.3) is 5.91 Å². The number of carbonyl (C=O) groups excluding carboxylic acids is 1. The van der Waals surface area contributed by atoms with E-state index in [0.29, 0.717) is 18.1 Å². The van der Waals surface area contributed by atoms with Gasteiger partial charge in [-0.25, -0.2) is 0 Å². The maximum atomic E-state index is 12.9. The van der Waals surface area contributed by atoms with Crippen LogP contribution < -0.4 is 0 Å². The lowest BCUT2D eigenvalue weighted by Gasteiger charge is -2.57. The number of oxime groups is 1. The molecule has 0 spiro atoms. The Balaban J connectivity index is 1.45. The normalized spacial score (nSPS) is 33.2. The summed E-state index contributed by atoms with van der Waals surface area (Å²) in [5.41, 5.74) is 1.56. The second kappa shape index (κ2) is 5.59. The van der Waals surface area contributed by atoms with Crippen molar-refractivity contribution in [1.29, 1.82) is 0 Å². The fraction of sp³-hybridized carbons (Fsp3) is 0.579. The number of nitrogens with zero attached hydrogens (tertiary/aromatic N) is 2. The summed E-state index contributed by atoms with van der Waals surface area (Å²) in [5.74, 6) is 0.429.